The van der Waals surface area contributed by atoms with E-state index < -0.39 is 0 Å². The number of allylic oxidation sites excluding steroid dienone is 4. The molecule has 0 spiro atoms. The first-order chi connectivity index (χ1) is 9.77. The molecule has 0 atom stereocenters. The normalized spacial score (nSPS) is 12.2. The summed E-state index contributed by atoms with van der Waals surface area (Å²) in [5.74, 6) is 0.804. The van der Waals surface area contributed by atoms with Crippen molar-refractivity contribution in [2.24, 2.45) is 5.92 Å². The van der Waals surface area contributed by atoms with Crippen molar-refractivity contribution in [3.63, 3.8) is 0 Å². The third kappa shape index (κ3) is 17.5. The monoisotopic (exact) mass is 278 g/mol. The molecule has 0 unspecified atom stereocenters. The molecule has 0 aliphatic heterocycles. The molecule has 0 N–H and O–H groups in total. The summed E-state index contributed by atoms with van der Waals surface area (Å²) in [4.78, 5) is 0. The molecule has 0 saturated heterocycles. The zero-order valence-electron chi connectivity index (χ0n) is 14.4. The summed E-state index contributed by atoms with van der Waals surface area (Å²) in [5, 5.41) is 0. The van der Waals surface area contributed by atoms with E-state index in [1.165, 1.54) is 77.0 Å². The van der Waals surface area contributed by atoms with Gasteiger partial charge in [0, 0.05) is 0 Å². The Morgan fingerprint density at radius 3 is 1.55 bits per heavy atom. The van der Waals surface area contributed by atoms with Crippen LogP contribution < -0.4 is 0 Å². The number of hydrogen-bond acceptors (Lipinski definition) is 0. The van der Waals surface area contributed by atoms with Gasteiger partial charge in [0.05, 0.1) is 0 Å². The minimum atomic E-state index is 0.804. The SMILES string of the molecule is CCCCCCC/C=C/CCCCC/C=C/CC(C)C. The van der Waals surface area contributed by atoms with E-state index in [-0.39, 0.29) is 0 Å². The van der Waals surface area contributed by atoms with Crippen molar-refractivity contribution >= 4 is 0 Å². The predicted molar refractivity (Wildman–Crippen MR) is 94.2 cm³/mol. The lowest BCUT2D eigenvalue weighted by atomic mass is 10.1. The van der Waals surface area contributed by atoms with E-state index in [1.54, 1.807) is 0 Å². The van der Waals surface area contributed by atoms with Crippen LogP contribution in [-0.4, -0.2) is 0 Å². The molecule has 0 aromatic rings. The van der Waals surface area contributed by atoms with Crippen molar-refractivity contribution in [3.05, 3.63) is 24.3 Å². The lowest BCUT2D eigenvalue weighted by Crippen LogP contribution is -1.81. The molecule has 0 rings (SSSR count). The molecule has 0 aliphatic carbocycles. The van der Waals surface area contributed by atoms with Crippen LogP contribution in [0.15, 0.2) is 24.3 Å². The topological polar surface area (TPSA) is 0 Å². The van der Waals surface area contributed by atoms with Gasteiger partial charge in [-0.15, -0.1) is 0 Å². The fourth-order valence-electron chi connectivity index (χ4n) is 2.29. The van der Waals surface area contributed by atoms with E-state index in [9.17, 15) is 0 Å². The van der Waals surface area contributed by atoms with E-state index in [0.717, 1.165) is 5.92 Å². The van der Waals surface area contributed by atoms with Gasteiger partial charge in [0.1, 0.15) is 0 Å². The Morgan fingerprint density at radius 2 is 1.05 bits per heavy atom. The molecule has 0 heterocycles. The second-order valence-corrected chi connectivity index (χ2v) is 6.41. The van der Waals surface area contributed by atoms with Crippen LogP contribution in [0.2, 0.25) is 0 Å². The first kappa shape index (κ1) is 19.5. The smallest absolute Gasteiger partial charge is 0.0327 e. The van der Waals surface area contributed by atoms with Crippen molar-refractivity contribution in [1.82, 2.24) is 0 Å². The molecule has 118 valence electrons. The van der Waals surface area contributed by atoms with E-state index in [4.69, 9.17) is 0 Å². The average molecular weight is 279 g/mol. The maximum atomic E-state index is 2.40. The van der Waals surface area contributed by atoms with Crippen molar-refractivity contribution < 1.29 is 0 Å². The van der Waals surface area contributed by atoms with Crippen LogP contribution in [0, 0.1) is 5.92 Å². The van der Waals surface area contributed by atoms with Gasteiger partial charge in [-0.05, 0) is 50.9 Å². The number of hydrogen-bond donors (Lipinski definition) is 0. The molecule has 0 radical (unpaired) electrons. The van der Waals surface area contributed by atoms with Gasteiger partial charge in [0.25, 0.3) is 0 Å². The molecule has 0 bridgehead atoms. The zero-order chi connectivity index (χ0) is 14.9. The van der Waals surface area contributed by atoms with Crippen LogP contribution in [0.3, 0.4) is 0 Å². The van der Waals surface area contributed by atoms with E-state index in [1.807, 2.05) is 0 Å². The fourth-order valence-corrected chi connectivity index (χ4v) is 2.29. The lowest BCUT2D eigenvalue weighted by Gasteiger charge is -1.98. The third-order valence-corrected chi connectivity index (χ3v) is 3.66. The minimum absolute atomic E-state index is 0.804. The van der Waals surface area contributed by atoms with Crippen LogP contribution in [0.1, 0.15) is 97.8 Å². The molecule has 0 aromatic heterocycles. The lowest BCUT2D eigenvalue weighted by molar-refractivity contribution is 0.636. The van der Waals surface area contributed by atoms with Crippen molar-refractivity contribution in [3.8, 4) is 0 Å². The molecule has 0 amide bonds. The molecule has 20 heavy (non-hydrogen) atoms. The van der Waals surface area contributed by atoms with Gasteiger partial charge >= 0.3 is 0 Å². The summed E-state index contributed by atoms with van der Waals surface area (Å²) in [7, 11) is 0. The standard InChI is InChI=1S/C20H38/c1-4-5-6-7-8-9-10-11-12-13-14-15-16-17-18-19-20(2)3/h10-11,17-18,20H,4-9,12-16,19H2,1-3H3/b11-10+,18-17+. The van der Waals surface area contributed by atoms with Gasteiger partial charge in [-0.3, -0.25) is 0 Å². The molecule has 0 heteroatoms. The van der Waals surface area contributed by atoms with Gasteiger partial charge < -0.3 is 0 Å². The summed E-state index contributed by atoms with van der Waals surface area (Å²) >= 11 is 0. The van der Waals surface area contributed by atoms with Crippen LogP contribution in [0.5, 0.6) is 0 Å². The highest BCUT2D eigenvalue weighted by atomic mass is 14.0. The van der Waals surface area contributed by atoms with Crippen LogP contribution in [0.25, 0.3) is 0 Å². The summed E-state index contributed by atoms with van der Waals surface area (Å²) < 4.78 is 0. The fraction of sp³-hybridized carbons (Fsp3) is 0.800. The second kappa shape index (κ2) is 16.5. The molecule has 0 aromatic carbocycles. The summed E-state index contributed by atoms with van der Waals surface area (Å²) in [6.45, 7) is 6.83. The van der Waals surface area contributed by atoms with Gasteiger partial charge in [0.2, 0.25) is 0 Å². The van der Waals surface area contributed by atoms with Gasteiger partial charge in [-0.25, -0.2) is 0 Å². The molecular weight excluding hydrogens is 240 g/mol. The van der Waals surface area contributed by atoms with Gasteiger partial charge in [-0.2, -0.15) is 0 Å². The maximum absolute atomic E-state index is 2.40. The van der Waals surface area contributed by atoms with Crippen LogP contribution >= 0.6 is 0 Å². The van der Waals surface area contributed by atoms with E-state index >= 15 is 0 Å². The van der Waals surface area contributed by atoms with Gasteiger partial charge in [0.15, 0.2) is 0 Å². The predicted octanol–water partition coefficient (Wildman–Crippen LogP) is 7.46. The maximum Gasteiger partial charge on any atom is -0.0327 e. The highest BCUT2D eigenvalue weighted by molar-refractivity contribution is 4.83. The second-order valence-electron chi connectivity index (χ2n) is 6.41. The number of rotatable bonds is 14. The average Bonchev–Trinajstić information content (AvgIpc) is 2.43. The summed E-state index contributed by atoms with van der Waals surface area (Å²) in [5.41, 5.74) is 0. The molecule has 0 fully saturated rings. The first-order valence-electron chi connectivity index (χ1n) is 9.07. The zero-order valence-corrected chi connectivity index (χ0v) is 14.4. The quantitative estimate of drug-likeness (QED) is 0.228. The van der Waals surface area contributed by atoms with Crippen molar-refractivity contribution in [1.29, 1.82) is 0 Å². The molecule has 0 nitrogen and oxygen atoms in total. The Balaban J connectivity index is 3.13. The van der Waals surface area contributed by atoms with Crippen LogP contribution in [-0.2, 0) is 0 Å². The Bertz CT molecular complexity index is 222. The Morgan fingerprint density at radius 1 is 0.600 bits per heavy atom. The molecule has 0 aliphatic rings. The minimum Gasteiger partial charge on any atom is -0.0885 e. The Kier molecular flexibility index (Phi) is 16.1. The van der Waals surface area contributed by atoms with Gasteiger partial charge in [-0.1, -0.05) is 77.2 Å². The Labute approximate surface area is 128 Å². The highest BCUT2D eigenvalue weighted by Gasteiger charge is 1.89. The van der Waals surface area contributed by atoms with E-state index in [2.05, 4.69) is 45.1 Å². The van der Waals surface area contributed by atoms with Crippen molar-refractivity contribution in [2.45, 2.75) is 97.8 Å². The number of unbranched alkanes of at least 4 members (excludes halogenated alkanes) is 9. The van der Waals surface area contributed by atoms with Crippen molar-refractivity contribution in [2.75, 3.05) is 0 Å². The van der Waals surface area contributed by atoms with Crippen LogP contribution in [0.4, 0.5) is 0 Å². The Hall–Kier alpha value is -0.520. The molecular formula is C20H38. The third-order valence-electron chi connectivity index (χ3n) is 3.66. The summed E-state index contributed by atoms with van der Waals surface area (Å²) in [6.07, 6.45) is 25.7. The van der Waals surface area contributed by atoms with E-state index in [0.29, 0.717) is 0 Å². The largest absolute Gasteiger partial charge is 0.0885 e. The first-order valence-corrected chi connectivity index (χ1v) is 9.07. The summed E-state index contributed by atoms with van der Waals surface area (Å²) in [6, 6.07) is 0. The highest BCUT2D eigenvalue weighted by Crippen LogP contribution is 2.08. The molecule has 0 saturated carbocycles.